The summed E-state index contributed by atoms with van der Waals surface area (Å²) in [6, 6.07) is 4.57. The van der Waals surface area contributed by atoms with Crippen molar-refractivity contribution < 1.29 is 9.53 Å². The second kappa shape index (κ2) is 5.04. The lowest BCUT2D eigenvalue weighted by atomic mass is 10.2. The fourth-order valence-electron chi connectivity index (χ4n) is 1.62. The fraction of sp³-hybridized carbons (Fsp3) is 0.364. The third kappa shape index (κ3) is 2.67. The number of ether oxygens (including phenoxy) is 1. The van der Waals surface area contributed by atoms with E-state index in [1.54, 1.807) is 12.1 Å². The maximum absolute atomic E-state index is 11.7. The van der Waals surface area contributed by atoms with Gasteiger partial charge in [0.1, 0.15) is 6.04 Å². The molecule has 1 aromatic rings. The predicted octanol–water partition coefficient (Wildman–Crippen LogP) is 2.65. The number of esters is 1. The Morgan fingerprint density at radius 3 is 2.94 bits per heavy atom. The standard InChI is InChI=1S/C11H11Cl2NO2/c12-7-3-4-8(13)10(6-7)16-11(15)9-2-1-5-14-9/h3-4,6,9,14H,1-2,5H2. The predicted molar refractivity (Wildman–Crippen MR) is 63.1 cm³/mol. The Kier molecular flexibility index (Phi) is 3.69. The number of carbonyl (C=O) groups is 1. The Morgan fingerprint density at radius 1 is 1.44 bits per heavy atom. The molecule has 0 amide bonds. The molecule has 3 nitrogen and oxygen atoms in total. The fourth-order valence-corrected chi connectivity index (χ4v) is 1.94. The van der Waals surface area contributed by atoms with Crippen LogP contribution < -0.4 is 10.1 Å². The quantitative estimate of drug-likeness (QED) is 0.656. The molecule has 1 aromatic carbocycles. The highest BCUT2D eigenvalue weighted by atomic mass is 35.5. The first-order valence-corrected chi connectivity index (χ1v) is 5.82. The summed E-state index contributed by atoms with van der Waals surface area (Å²) < 4.78 is 5.19. The average molecular weight is 260 g/mol. The lowest BCUT2D eigenvalue weighted by Crippen LogP contribution is -2.34. The molecule has 0 aromatic heterocycles. The zero-order valence-electron chi connectivity index (χ0n) is 8.50. The average Bonchev–Trinajstić information content (AvgIpc) is 2.76. The summed E-state index contributed by atoms with van der Waals surface area (Å²) in [5.74, 6) is 0.00883. The summed E-state index contributed by atoms with van der Waals surface area (Å²) in [5, 5.41) is 3.94. The van der Waals surface area contributed by atoms with Crippen molar-refractivity contribution in [2.75, 3.05) is 6.54 Å². The van der Waals surface area contributed by atoms with E-state index in [9.17, 15) is 4.79 Å². The van der Waals surface area contributed by atoms with Crippen LogP contribution in [0, 0.1) is 0 Å². The number of hydrogen-bond donors (Lipinski definition) is 1. The van der Waals surface area contributed by atoms with Crippen LogP contribution in [0.5, 0.6) is 5.75 Å². The highest BCUT2D eigenvalue weighted by molar-refractivity contribution is 6.34. The third-order valence-electron chi connectivity index (χ3n) is 2.45. The number of rotatable bonds is 2. The number of halogens is 2. The molecule has 1 aliphatic rings. The summed E-state index contributed by atoms with van der Waals surface area (Å²) in [6.07, 6.45) is 1.79. The topological polar surface area (TPSA) is 38.3 Å². The van der Waals surface area contributed by atoms with Crippen molar-refractivity contribution in [3.05, 3.63) is 28.2 Å². The summed E-state index contributed by atoms with van der Waals surface area (Å²) in [6.45, 7) is 0.850. The van der Waals surface area contributed by atoms with E-state index in [2.05, 4.69) is 5.32 Å². The van der Waals surface area contributed by atoms with Gasteiger partial charge in [-0.2, -0.15) is 0 Å². The SMILES string of the molecule is O=C(Oc1cc(Cl)ccc1Cl)C1CCCN1. The lowest BCUT2D eigenvalue weighted by Gasteiger charge is -2.11. The van der Waals surface area contributed by atoms with Gasteiger partial charge >= 0.3 is 5.97 Å². The molecular weight excluding hydrogens is 249 g/mol. The van der Waals surface area contributed by atoms with Crippen LogP contribution in [-0.4, -0.2) is 18.6 Å². The summed E-state index contributed by atoms with van der Waals surface area (Å²) in [7, 11) is 0. The second-order valence-corrected chi connectivity index (χ2v) is 4.49. The van der Waals surface area contributed by atoms with Gasteiger partial charge in [0, 0.05) is 11.1 Å². The first-order valence-electron chi connectivity index (χ1n) is 5.07. The Labute approximate surface area is 104 Å². The van der Waals surface area contributed by atoms with Crippen LogP contribution in [0.4, 0.5) is 0 Å². The van der Waals surface area contributed by atoms with Crippen LogP contribution in [0.15, 0.2) is 18.2 Å². The van der Waals surface area contributed by atoms with Crippen molar-refractivity contribution in [1.82, 2.24) is 5.32 Å². The van der Waals surface area contributed by atoms with Crippen molar-refractivity contribution in [1.29, 1.82) is 0 Å². The van der Waals surface area contributed by atoms with Crippen LogP contribution in [0.3, 0.4) is 0 Å². The van der Waals surface area contributed by atoms with E-state index < -0.39 is 0 Å². The number of benzene rings is 1. The van der Waals surface area contributed by atoms with Gasteiger partial charge in [-0.15, -0.1) is 0 Å². The molecule has 0 saturated carbocycles. The van der Waals surface area contributed by atoms with Gasteiger partial charge < -0.3 is 10.1 Å². The van der Waals surface area contributed by atoms with Crippen molar-refractivity contribution >= 4 is 29.2 Å². The number of hydrogen-bond acceptors (Lipinski definition) is 3. The van der Waals surface area contributed by atoms with Crippen molar-refractivity contribution in [2.24, 2.45) is 0 Å². The van der Waals surface area contributed by atoms with Crippen molar-refractivity contribution in [2.45, 2.75) is 18.9 Å². The van der Waals surface area contributed by atoms with Gasteiger partial charge in [0.2, 0.25) is 0 Å². The monoisotopic (exact) mass is 259 g/mol. The van der Waals surface area contributed by atoms with E-state index in [0.717, 1.165) is 19.4 Å². The number of carbonyl (C=O) groups excluding carboxylic acids is 1. The minimum Gasteiger partial charge on any atom is -0.424 e. The van der Waals surface area contributed by atoms with E-state index in [1.807, 2.05) is 0 Å². The van der Waals surface area contributed by atoms with E-state index in [-0.39, 0.29) is 12.0 Å². The van der Waals surface area contributed by atoms with Crippen molar-refractivity contribution in [3.8, 4) is 5.75 Å². The molecule has 2 rings (SSSR count). The molecule has 1 heterocycles. The molecule has 0 spiro atoms. The highest BCUT2D eigenvalue weighted by Gasteiger charge is 2.24. The zero-order valence-corrected chi connectivity index (χ0v) is 10.0. The van der Waals surface area contributed by atoms with E-state index in [0.29, 0.717) is 15.8 Å². The van der Waals surface area contributed by atoms with Crippen LogP contribution in [-0.2, 0) is 4.79 Å². The molecular formula is C11H11Cl2NO2. The van der Waals surface area contributed by atoms with Gasteiger partial charge in [0.05, 0.1) is 5.02 Å². The smallest absolute Gasteiger partial charge is 0.328 e. The van der Waals surface area contributed by atoms with E-state index >= 15 is 0 Å². The van der Waals surface area contributed by atoms with E-state index in [1.165, 1.54) is 6.07 Å². The molecule has 1 aliphatic heterocycles. The van der Waals surface area contributed by atoms with Gasteiger partial charge in [0.15, 0.2) is 5.75 Å². The summed E-state index contributed by atoms with van der Waals surface area (Å²) in [4.78, 5) is 11.7. The molecule has 1 unspecified atom stereocenters. The van der Waals surface area contributed by atoms with Crippen LogP contribution in [0.25, 0.3) is 0 Å². The highest BCUT2D eigenvalue weighted by Crippen LogP contribution is 2.28. The Morgan fingerprint density at radius 2 is 2.25 bits per heavy atom. The van der Waals surface area contributed by atoms with Gasteiger partial charge in [-0.1, -0.05) is 23.2 Å². The van der Waals surface area contributed by atoms with Gasteiger partial charge in [-0.3, -0.25) is 0 Å². The molecule has 1 N–H and O–H groups in total. The maximum Gasteiger partial charge on any atom is 0.328 e. The largest absolute Gasteiger partial charge is 0.424 e. The maximum atomic E-state index is 11.7. The first-order chi connectivity index (χ1) is 7.66. The summed E-state index contributed by atoms with van der Waals surface area (Å²) >= 11 is 11.7. The molecule has 16 heavy (non-hydrogen) atoms. The molecule has 0 radical (unpaired) electrons. The van der Waals surface area contributed by atoms with Crippen LogP contribution in [0.1, 0.15) is 12.8 Å². The Bertz CT molecular complexity index is 403. The third-order valence-corrected chi connectivity index (χ3v) is 3.00. The van der Waals surface area contributed by atoms with Crippen LogP contribution >= 0.6 is 23.2 Å². The minimum absolute atomic E-state index is 0.227. The molecule has 0 aliphatic carbocycles. The first kappa shape index (κ1) is 11.7. The Hall–Kier alpha value is -0.770. The van der Waals surface area contributed by atoms with Gasteiger partial charge in [-0.05, 0) is 31.5 Å². The molecule has 5 heteroatoms. The van der Waals surface area contributed by atoms with Gasteiger partial charge in [0.25, 0.3) is 0 Å². The minimum atomic E-state index is -0.304. The normalized spacial score (nSPS) is 19.8. The molecule has 1 atom stereocenters. The zero-order chi connectivity index (χ0) is 11.5. The van der Waals surface area contributed by atoms with Crippen molar-refractivity contribution in [3.63, 3.8) is 0 Å². The molecule has 0 bridgehead atoms. The molecule has 86 valence electrons. The lowest BCUT2D eigenvalue weighted by molar-refractivity contribution is -0.136. The molecule has 1 fully saturated rings. The Balaban J connectivity index is 2.07. The molecule has 1 saturated heterocycles. The van der Waals surface area contributed by atoms with Crippen LogP contribution in [0.2, 0.25) is 10.0 Å². The van der Waals surface area contributed by atoms with Gasteiger partial charge in [-0.25, -0.2) is 4.79 Å². The summed E-state index contributed by atoms with van der Waals surface area (Å²) in [5.41, 5.74) is 0. The second-order valence-electron chi connectivity index (χ2n) is 3.64. The number of nitrogens with one attached hydrogen (secondary N) is 1. The van der Waals surface area contributed by atoms with E-state index in [4.69, 9.17) is 27.9 Å².